The van der Waals surface area contributed by atoms with Crippen LogP contribution >= 0.6 is 11.3 Å². The average molecular weight is 271 g/mol. The number of carbonyl (C=O) groups excluding carboxylic acids is 2. The zero-order valence-electron chi connectivity index (χ0n) is 10.7. The van der Waals surface area contributed by atoms with Crippen molar-refractivity contribution in [2.24, 2.45) is 5.73 Å². The predicted octanol–water partition coefficient (Wildman–Crippen LogP) is 0.300. The number of carbonyl (C=O) groups is 2. The molecule has 0 aliphatic rings. The van der Waals surface area contributed by atoms with Gasteiger partial charge in [-0.15, -0.1) is 11.3 Å². The van der Waals surface area contributed by atoms with Crippen LogP contribution in [0.25, 0.3) is 0 Å². The lowest BCUT2D eigenvalue weighted by Crippen LogP contribution is -2.47. The number of esters is 1. The van der Waals surface area contributed by atoms with Crippen molar-refractivity contribution in [1.82, 2.24) is 9.88 Å². The number of rotatable bonds is 5. The molecule has 18 heavy (non-hydrogen) atoms. The fourth-order valence-corrected chi connectivity index (χ4v) is 2.21. The van der Waals surface area contributed by atoms with Gasteiger partial charge in [-0.3, -0.25) is 4.79 Å². The van der Waals surface area contributed by atoms with Crippen LogP contribution in [-0.2, 0) is 20.9 Å². The third-order valence-corrected chi connectivity index (χ3v) is 3.14. The van der Waals surface area contributed by atoms with E-state index in [-0.39, 0.29) is 6.61 Å². The van der Waals surface area contributed by atoms with E-state index in [0.717, 1.165) is 9.88 Å². The summed E-state index contributed by atoms with van der Waals surface area (Å²) in [6.07, 6.45) is 1.71. The topological polar surface area (TPSA) is 85.5 Å². The van der Waals surface area contributed by atoms with E-state index in [0.29, 0.717) is 6.54 Å². The SMILES string of the molecule is CCOC(=O)C(N)C(=O)N(C)Cc1cnc(C)s1. The van der Waals surface area contributed by atoms with Crippen molar-refractivity contribution in [1.29, 1.82) is 0 Å². The molecule has 0 spiro atoms. The van der Waals surface area contributed by atoms with Crippen molar-refractivity contribution >= 4 is 23.2 Å². The summed E-state index contributed by atoms with van der Waals surface area (Å²) < 4.78 is 4.71. The first-order valence-electron chi connectivity index (χ1n) is 5.54. The van der Waals surface area contributed by atoms with Crippen LogP contribution in [-0.4, -0.2) is 41.5 Å². The highest BCUT2D eigenvalue weighted by Crippen LogP contribution is 2.13. The largest absolute Gasteiger partial charge is 0.464 e. The van der Waals surface area contributed by atoms with Crippen molar-refractivity contribution in [3.63, 3.8) is 0 Å². The highest BCUT2D eigenvalue weighted by Gasteiger charge is 2.26. The molecule has 1 amide bonds. The summed E-state index contributed by atoms with van der Waals surface area (Å²) in [7, 11) is 1.59. The van der Waals surface area contributed by atoms with E-state index < -0.39 is 17.9 Å². The fourth-order valence-electron chi connectivity index (χ4n) is 1.36. The number of ether oxygens (including phenoxy) is 1. The first kappa shape index (κ1) is 14.6. The number of hydrogen-bond acceptors (Lipinski definition) is 6. The van der Waals surface area contributed by atoms with Gasteiger partial charge in [0.1, 0.15) is 0 Å². The zero-order valence-corrected chi connectivity index (χ0v) is 11.5. The van der Waals surface area contributed by atoms with E-state index >= 15 is 0 Å². The van der Waals surface area contributed by atoms with Gasteiger partial charge in [0, 0.05) is 18.1 Å². The number of nitrogens with zero attached hydrogens (tertiary/aromatic N) is 2. The Balaban J connectivity index is 2.58. The van der Waals surface area contributed by atoms with Crippen LogP contribution in [0.3, 0.4) is 0 Å². The van der Waals surface area contributed by atoms with Gasteiger partial charge in [-0.05, 0) is 13.8 Å². The maximum atomic E-state index is 11.9. The van der Waals surface area contributed by atoms with E-state index in [2.05, 4.69) is 4.98 Å². The summed E-state index contributed by atoms with van der Waals surface area (Å²) in [6, 6.07) is -1.26. The van der Waals surface area contributed by atoms with Crippen LogP contribution in [0.2, 0.25) is 0 Å². The lowest BCUT2D eigenvalue weighted by atomic mass is 10.2. The second-order valence-electron chi connectivity index (χ2n) is 3.77. The van der Waals surface area contributed by atoms with Crippen LogP contribution in [0.4, 0.5) is 0 Å². The molecule has 1 rings (SSSR count). The Bertz CT molecular complexity index is 433. The van der Waals surface area contributed by atoms with Crippen molar-refractivity contribution in [3.8, 4) is 0 Å². The van der Waals surface area contributed by atoms with Crippen molar-refractivity contribution in [2.45, 2.75) is 26.4 Å². The van der Waals surface area contributed by atoms with E-state index in [1.54, 1.807) is 20.2 Å². The van der Waals surface area contributed by atoms with Gasteiger partial charge in [0.15, 0.2) is 6.04 Å². The molecule has 0 aliphatic heterocycles. The van der Waals surface area contributed by atoms with E-state index in [1.165, 1.54) is 16.2 Å². The van der Waals surface area contributed by atoms with Crippen molar-refractivity contribution < 1.29 is 14.3 Å². The molecule has 1 unspecified atom stereocenters. The summed E-state index contributed by atoms with van der Waals surface area (Å²) in [5, 5.41) is 0.931. The van der Waals surface area contributed by atoms with Gasteiger partial charge in [-0.1, -0.05) is 0 Å². The van der Waals surface area contributed by atoms with Gasteiger partial charge in [-0.2, -0.15) is 0 Å². The van der Waals surface area contributed by atoms with Crippen molar-refractivity contribution in [3.05, 3.63) is 16.1 Å². The molecule has 0 radical (unpaired) electrons. The monoisotopic (exact) mass is 271 g/mol. The molecule has 0 aliphatic carbocycles. The zero-order chi connectivity index (χ0) is 13.7. The third kappa shape index (κ3) is 3.78. The number of likely N-dealkylation sites (N-methyl/N-ethyl adjacent to an activating group) is 1. The Morgan fingerprint density at radius 3 is 2.78 bits per heavy atom. The van der Waals surface area contributed by atoms with Gasteiger partial charge < -0.3 is 15.4 Å². The molecule has 100 valence electrons. The maximum absolute atomic E-state index is 11.9. The number of thiazole rings is 1. The van der Waals surface area contributed by atoms with E-state index in [9.17, 15) is 9.59 Å². The van der Waals surface area contributed by atoms with Crippen LogP contribution in [0.5, 0.6) is 0 Å². The molecule has 6 nitrogen and oxygen atoms in total. The average Bonchev–Trinajstić information content (AvgIpc) is 2.73. The molecule has 0 saturated heterocycles. The van der Waals surface area contributed by atoms with Crippen molar-refractivity contribution in [2.75, 3.05) is 13.7 Å². The number of amides is 1. The quantitative estimate of drug-likeness (QED) is 0.615. The highest BCUT2D eigenvalue weighted by molar-refractivity contribution is 7.11. The summed E-state index contributed by atoms with van der Waals surface area (Å²) in [4.78, 5) is 29.6. The smallest absolute Gasteiger partial charge is 0.332 e. The molecule has 1 atom stereocenters. The predicted molar refractivity (Wildman–Crippen MR) is 67.9 cm³/mol. The second-order valence-corrected chi connectivity index (χ2v) is 5.09. The first-order valence-corrected chi connectivity index (χ1v) is 6.35. The summed E-state index contributed by atoms with van der Waals surface area (Å²) in [6.45, 7) is 4.15. The molecule has 0 saturated carbocycles. The summed E-state index contributed by atoms with van der Waals surface area (Å²) >= 11 is 1.50. The standard InChI is InChI=1S/C11H17N3O3S/c1-4-17-11(16)9(12)10(15)14(3)6-8-5-13-7(2)18-8/h5,9H,4,6,12H2,1-3H3. The Kier molecular flexibility index (Phi) is 5.24. The normalized spacial score (nSPS) is 12.0. The minimum Gasteiger partial charge on any atom is -0.464 e. The maximum Gasteiger partial charge on any atom is 0.332 e. The molecule has 0 fully saturated rings. The minimum absolute atomic E-state index is 0.206. The van der Waals surface area contributed by atoms with Gasteiger partial charge in [0.2, 0.25) is 0 Å². The third-order valence-electron chi connectivity index (χ3n) is 2.24. The second kappa shape index (κ2) is 6.46. The van der Waals surface area contributed by atoms with Crippen LogP contribution in [0, 0.1) is 6.92 Å². The Hall–Kier alpha value is -1.47. The van der Waals surface area contributed by atoms with E-state index in [4.69, 9.17) is 10.5 Å². The molecule has 0 bridgehead atoms. The Morgan fingerprint density at radius 1 is 1.61 bits per heavy atom. The molecule has 2 N–H and O–H groups in total. The molecule has 1 heterocycles. The number of aromatic nitrogens is 1. The van der Waals surface area contributed by atoms with Crippen LogP contribution < -0.4 is 5.73 Å². The molecule has 7 heteroatoms. The molecule has 0 aromatic carbocycles. The molecule has 1 aromatic heterocycles. The van der Waals surface area contributed by atoms with Gasteiger partial charge in [0.25, 0.3) is 5.91 Å². The summed E-state index contributed by atoms with van der Waals surface area (Å²) in [5.41, 5.74) is 5.53. The van der Waals surface area contributed by atoms with Crippen LogP contribution in [0.1, 0.15) is 16.8 Å². The number of aryl methyl sites for hydroxylation is 1. The van der Waals surface area contributed by atoms with Gasteiger partial charge >= 0.3 is 5.97 Å². The van der Waals surface area contributed by atoms with Crippen LogP contribution in [0.15, 0.2) is 6.20 Å². The molecule has 1 aromatic rings. The number of nitrogens with two attached hydrogens (primary N) is 1. The fraction of sp³-hybridized carbons (Fsp3) is 0.545. The summed E-state index contributed by atoms with van der Waals surface area (Å²) in [5.74, 6) is -1.16. The minimum atomic E-state index is -1.26. The number of hydrogen-bond donors (Lipinski definition) is 1. The molecular formula is C11H17N3O3S. The van der Waals surface area contributed by atoms with E-state index in [1.807, 2.05) is 6.92 Å². The first-order chi connectivity index (χ1) is 8.45. The lowest BCUT2D eigenvalue weighted by Gasteiger charge is -2.19. The highest BCUT2D eigenvalue weighted by atomic mass is 32.1. The Morgan fingerprint density at radius 2 is 2.28 bits per heavy atom. The molecular weight excluding hydrogens is 254 g/mol. The van der Waals surface area contributed by atoms with Gasteiger partial charge in [-0.25, -0.2) is 9.78 Å². The lowest BCUT2D eigenvalue weighted by molar-refractivity contribution is -0.150. The Labute approximate surface area is 110 Å². The van der Waals surface area contributed by atoms with Gasteiger partial charge in [0.05, 0.1) is 18.2 Å².